The smallest absolute Gasteiger partial charge is 0.134 e. The van der Waals surface area contributed by atoms with Crippen molar-refractivity contribution in [2.75, 3.05) is 0 Å². The van der Waals surface area contributed by atoms with Crippen molar-refractivity contribution in [3.8, 4) is 0 Å². The van der Waals surface area contributed by atoms with Gasteiger partial charge in [-0.05, 0) is 63.0 Å². The molecule has 0 spiro atoms. The van der Waals surface area contributed by atoms with Crippen molar-refractivity contribution in [3.05, 3.63) is 72.5 Å². The summed E-state index contributed by atoms with van der Waals surface area (Å²) in [4.78, 5) is 0. The average molecular weight is 310 g/mol. The molecule has 24 heavy (non-hydrogen) atoms. The van der Waals surface area contributed by atoms with Crippen LogP contribution in [-0.2, 0) is 6.42 Å². The van der Waals surface area contributed by atoms with Crippen molar-refractivity contribution < 1.29 is 4.42 Å². The molecule has 0 unspecified atom stereocenters. The van der Waals surface area contributed by atoms with Gasteiger partial charge >= 0.3 is 0 Å². The molecule has 0 radical (unpaired) electrons. The van der Waals surface area contributed by atoms with Gasteiger partial charge in [0.1, 0.15) is 11.3 Å². The second kappa shape index (κ2) is 5.10. The first-order chi connectivity index (χ1) is 11.8. The van der Waals surface area contributed by atoms with Crippen LogP contribution in [0.3, 0.4) is 0 Å². The molecule has 1 aromatic heterocycles. The molecule has 1 nitrogen and oxygen atoms in total. The molecule has 0 fully saturated rings. The highest BCUT2D eigenvalue weighted by Gasteiger charge is 2.09. The maximum atomic E-state index is 6.00. The normalized spacial score (nSPS) is 11.9. The van der Waals surface area contributed by atoms with Gasteiger partial charge in [-0.1, -0.05) is 49.4 Å². The van der Waals surface area contributed by atoms with Gasteiger partial charge in [-0.3, -0.25) is 0 Å². The Bertz CT molecular complexity index is 1210. The van der Waals surface area contributed by atoms with Gasteiger partial charge < -0.3 is 4.42 Å². The summed E-state index contributed by atoms with van der Waals surface area (Å²) in [5, 5.41) is 8.99. The Labute approximate surface area is 140 Å². The van der Waals surface area contributed by atoms with Crippen LogP contribution in [0.2, 0.25) is 0 Å². The quantitative estimate of drug-likeness (QED) is 0.257. The molecule has 0 amide bonds. The first-order valence-corrected chi connectivity index (χ1v) is 8.60. The molecule has 0 aliphatic carbocycles. The monoisotopic (exact) mass is 310 g/mol. The number of furan rings is 1. The third-order valence-electron chi connectivity index (χ3n) is 4.93. The summed E-state index contributed by atoms with van der Waals surface area (Å²) in [5.74, 6) is 1.08. The van der Waals surface area contributed by atoms with E-state index in [1.165, 1.54) is 37.7 Å². The van der Waals surface area contributed by atoms with Crippen molar-refractivity contribution in [1.29, 1.82) is 0 Å². The molecule has 0 bridgehead atoms. The first kappa shape index (κ1) is 13.6. The minimum atomic E-state index is 0.992. The molecule has 0 aliphatic heterocycles. The van der Waals surface area contributed by atoms with Gasteiger partial charge in [0, 0.05) is 11.8 Å². The Balaban J connectivity index is 1.89. The van der Waals surface area contributed by atoms with Crippen LogP contribution < -0.4 is 0 Å². The van der Waals surface area contributed by atoms with E-state index in [-0.39, 0.29) is 0 Å². The highest BCUT2D eigenvalue weighted by atomic mass is 16.3. The summed E-state index contributed by atoms with van der Waals surface area (Å²) in [7, 11) is 0. The lowest BCUT2D eigenvalue weighted by Gasteiger charge is -2.07. The molecule has 0 saturated heterocycles. The molecule has 0 N–H and O–H groups in total. The van der Waals surface area contributed by atoms with E-state index < -0.39 is 0 Å². The maximum Gasteiger partial charge on any atom is 0.134 e. The molecule has 1 heteroatoms. The fraction of sp³-hybridized carbons (Fsp3) is 0.130. The number of benzene rings is 4. The molecule has 1 heterocycles. The Morgan fingerprint density at radius 1 is 0.667 bits per heavy atom. The van der Waals surface area contributed by atoms with Gasteiger partial charge in [-0.25, -0.2) is 0 Å². The van der Waals surface area contributed by atoms with Crippen LogP contribution in [0, 0.1) is 0 Å². The van der Waals surface area contributed by atoms with Crippen LogP contribution in [0.1, 0.15) is 19.1 Å². The van der Waals surface area contributed by atoms with Crippen molar-refractivity contribution in [2.24, 2.45) is 0 Å². The van der Waals surface area contributed by atoms with Gasteiger partial charge in [0.25, 0.3) is 0 Å². The number of fused-ring (bicyclic) bond motifs is 6. The van der Waals surface area contributed by atoms with Crippen LogP contribution >= 0.6 is 0 Å². The van der Waals surface area contributed by atoms with E-state index in [1.807, 2.05) is 0 Å². The predicted molar refractivity (Wildman–Crippen MR) is 103 cm³/mol. The molecule has 4 aromatic carbocycles. The van der Waals surface area contributed by atoms with E-state index >= 15 is 0 Å². The maximum absolute atomic E-state index is 6.00. The highest BCUT2D eigenvalue weighted by molar-refractivity contribution is 6.18. The Morgan fingerprint density at radius 2 is 1.42 bits per heavy atom. The summed E-state index contributed by atoms with van der Waals surface area (Å²) in [6.45, 7) is 2.18. The number of hydrogen-bond donors (Lipinski definition) is 0. The molecular formula is C23H18O. The molecular weight excluding hydrogens is 292 g/mol. The number of aryl methyl sites for hydroxylation is 1. The van der Waals surface area contributed by atoms with Gasteiger partial charge in [0.2, 0.25) is 0 Å². The van der Waals surface area contributed by atoms with Gasteiger partial charge in [-0.2, -0.15) is 0 Å². The third-order valence-corrected chi connectivity index (χ3v) is 4.93. The average Bonchev–Trinajstić information content (AvgIpc) is 3.03. The zero-order valence-corrected chi connectivity index (χ0v) is 13.7. The highest BCUT2D eigenvalue weighted by Crippen LogP contribution is 2.34. The van der Waals surface area contributed by atoms with Crippen molar-refractivity contribution in [2.45, 2.75) is 19.8 Å². The Hall–Kier alpha value is -2.80. The van der Waals surface area contributed by atoms with Crippen molar-refractivity contribution in [1.82, 2.24) is 0 Å². The molecule has 0 atom stereocenters. The predicted octanol–water partition coefficient (Wildman–Crippen LogP) is 6.84. The van der Waals surface area contributed by atoms with Crippen LogP contribution in [0.15, 0.2) is 71.1 Å². The molecule has 0 aliphatic rings. The lowest BCUT2D eigenvalue weighted by Crippen LogP contribution is -1.80. The first-order valence-electron chi connectivity index (χ1n) is 8.60. The zero-order chi connectivity index (χ0) is 16.1. The minimum absolute atomic E-state index is 0.992. The van der Waals surface area contributed by atoms with Crippen LogP contribution in [0.25, 0.3) is 43.3 Å². The van der Waals surface area contributed by atoms with E-state index in [0.29, 0.717) is 0 Å². The summed E-state index contributed by atoms with van der Waals surface area (Å²) < 4.78 is 6.00. The Kier molecular flexibility index (Phi) is 2.90. The van der Waals surface area contributed by atoms with Crippen molar-refractivity contribution >= 4 is 43.3 Å². The lowest BCUT2D eigenvalue weighted by atomic mass is 9.97. The van der Waals surface area contributed by atoms with E-state index in [1.54, 1.807) is 0 Å². The molecule has 5 rings (SSSR count). The van der Waals surface area contributed by atoms with E-state index in [4.69, 9.17) is 4.42 Å². The molecule has 116 valence electrons. The summed E-state index contributed by atoms with van der Waals surface area (Å²) in [6.07, 6.45) is 2.10. The van der Waals surface area contributed by atoms with Gasteiger partial charge in [-0.15, -0.1) is 0 Å². The zero-order valence-electron chi connectivity index (χ0n) is 13.7. The summed E-state index contributed by atoms with van der Waals surface area (Å²) in [6, 6.07) is 24.2. The third kappa shape index (κ3) is 1.94. The van der Waals surface area contributed by atoms with E-state index in [2.05, 4.69) is 73.7 Å². The van der Waals surface area contributed by atoms with Gasteiger partial charge in [0.05, 0.1) is 0 Å². The van der Waals surface area contributed by atoms with Gasteiger partial charge in [0.15, 0.2) is 0 Å². The summed E-state index contributed by atoms with van der Waals surface area (Å²) >= 11 is 0. The largest absolute Gasteiger partial charge is 0.461 e. The van der Waals surface area contributed by atoms with E-state index in [9.17, 15) is 0 Å². The van der Waals surface area contributed by atoms with Crippen LogP contribution in [0.4, 0.5) is 0 Å². The summed E-state index contributed by atoms with van der Waals surface area (Å²) in [5.41, 5.74) is 0.992. The second-order valence-electron chi connectivity index (χ2n) is 6.52. The van der Waals surface area contributed by atoms with E-state index in [0.717, 1.165) is 24.2 Å². The SMILES string of the molecule is CCCc1cc2c(ccc3c4cc5ccccc5cc4ccc23)o1. The fourth-order valence-electron chi connectivity index (χ4n) is 3.77. The molecule has 0 saturated carbocycles. The minimum Gasteiger partial charge on any atom is -0.461 e. The Morgan fingerprint density at radius 3 is 2.25 bits per heavy atom. The fourth-order valence-corrected chi connectivity index (χ4v) is 3.77. The van der Waals surface area contributed by atoms with Crippen LogP contribution in [-0.4, -0.2) is 0 Å². The number of rotatable bonds is 2. The van der Waals surface area contributed by atoms with Crippen molar-refractivity contribution in [3.63, 3.8) is 0 Å². The second-order valence-corrected chi connectivity index (χ2v) is 6.52. The number of hydrogen-bond acceptors (Lipinski definition) is 1. The lowest BCUT2D eigenvalue weighted by molar-refractivity contribution is 0.545. The van der Waals surface area contributed by atoms with Crippen LogP contribution in [0.5, 0.6) is 0 Å². The standard InChI is InChI=1S/C23H18O/c1-2-5-18-14-22-20-9-8-17-12-15-6-3-4-7-16(15)13-21(17)19(20)10-11-23(22)24-18/h3-4,6-14H,2,5H2,1H3. The molecule has 5 aromatic rings. The topological polar surface area (TPSA) is 13.1 Å².